The van der Waals surface area contributed by atoms with Crippen LogP contribution in [0.2, 0.25) is 0 Å². The lowest BCUT2D eigenvalue weighted by molar-refractivity contribution is 0.431. The second-order valence-electron chi connectivity index (χ2n) is 2.14. The molecule has 0 unspecified atom stereocenters. The molecule has 0 N–H and O–H groups in total. The van der Waals surface area contributed by atoms with Crippen LogP contribution in [0.3, 0.4) is 0 Å². The zero-order chi connectivity index (χ0) is 7.26. The predicted octanol–water partition coefficient (Wildman–Crippen LogP) is 2.03. The maximum Gasteiger partial charge on any atom is 0.223 e. The number of rotatable bonds is 0. The Hall–Kier alpha value is -1.36. The first-order valence-corrected chi connectivity index (χ1v) is 3.84. The largest absolute Gasteiger partial charge is 0.351 e. The van der Waals surface area contributed by atoms with Crippen LogP contribution in [-0.2, 0) is 0 Å². The van der Waals surface area contributed by atoms with Gasteiger partial charge in [-0.25, -0.2) is 0 Å². The Morgan fingerprint density at radius 2 is 1.55 bits per heavy atom. The summed E-state index contributed by atoms with van der Waals surface area (Å²) in [7, 11) is 0. The fourth-order valence-electron chi connectivity index (χ4n) is 1.03. The lowest BCUT2D eigenvalue weighted by Crippen LogP contribution is -1.50. The van der Waals surface area contributed by atoms with Gasteiger partial charge >= 0.3 is 0 Å². The van der Waals surface area contributed by atoms with Crippen LogP contribution in [0.1, 0.15) is 0 Å². The van der Waals surface area contributed by atoms with E-state index in [9.17, 15) is 0 Å². The van der Waals surface area contributed by atoms with Crippen LogP contribution in [0.4, 0.5) is 0 Å². The summed E-state index contributed by atoms with van der Waals surface area (Å²) in [5, 5.41) is 7.28. The molecule has 4 nitrogen and oxygen atoms in total. The molecule has 5 heteroatoms. The SMILES string of the molecule is c1noc2c1sc1cnoc12. The van der Waals surface area contributed by atoms with Crippen molar-refractivity contribution in [1.29, 1.82) is 0 Å². The molecule has 0 radical (unpaired) electrons. The van der Waals surface area contributed by atoms with Crippen molar-refractivity contribution >= 4 is 31.9 Å². The molecular weight excluding hydrogens is 164 g/mol. The van der Waals surface area contributed by atoms with Crippen LogP contribution in [0.5, 0.6) is 0 Å². The standard InChI is InChI=1S/C6H2N2O2S/c1-3-5(9-7-1)6-4(11-3)2-8-10-6/h1-2H. The van der Waals surface area contributed by atoms with Gasteiger partial charge in [-0.05, 0) is 0 Å². The summed E-state index contributed by atoms with van der Waals surface area (Å²) in [5.41, 5.74) is 1.39. The van der Waals surface area contributed by atoms with Gasteiger partial charge in [0.15, 0.2) is 0 Å². The topological polar surface area (TPSA) is 52.1 Å². The molecular formula is C6H2N2O2S. The summed E-state index contributed by atoms with van der Waals surface area (Å²) in [6.45, 7) is 0. The minimum atomic E-state index is 0.697. The number of hydrogen-bond acceptors (Lipinski definition) is 5. The zero-order valence-corrected chi connectivity index (χ0v) is 6.09. The first-order chi connectivity index (χ1) is 5.45. The van der Waals surface area contributed by atoms with Gasteiger partial charge in [0.25, 0.3) is 0 Å². The monoisotopic (exact) mass is 166 g/mol. The maximum atomic E-state index is 4.96. The Bertz CT molecular complexity index is 461. The maximum absolute atomic E-state index is 4.96. The average Bonchev–Trinajstić information content (AvgIpc) is 2.52. The molecule has 0 atom stereocenters. The number of fused-ring (bicyclic) bond motifs is 3. The zero-order valence-electron chi connectivity index (χ0n) is 5.27. The Kier molecular flexibility index (Phi) is 0.783. The summed E-state index contributed by atoms with van der Waals surface area (Å²) in [6.07, 6.45) is 3.35. The molecule has 0 fully saturated rings. The fourth-order valence-corrected chi connectivity index (χ4v) is 1.91. The van der Waals surface area contributed by atoms with Crippen molar-refractivity contribution in [3.05, 3.63) is 12.4 Å². The van der Waals surface area contributed by atoms with E-state index in [2.05, 4.69) is 10.3 Å². The third-order valence-corrected chi connectivity index (χ3v) is 2.52. The average molecular weight is 166 g/mol. The van der Waals surface area contributed by atoms with Gasteiger partial charge in [-0.1, -0.05) is 10.3 Å². The minimum Gasteiger partial charge on any atom is -0.351 e. The van der Waals surface area contributed by atoms with Gasteiger partial charge in [-0.2, -0.15) is 0 Å². The van der Waals surface area contributed by atoms with Gasteiger partial charge in [0.2, 0.25) is 11.2 Å². The van der Waals surface area contributed by atoms with Gasteiger partial charge in [0, 0.05) is 0 Å². The molecule has 3 rings (SSSR count). The van der Waals surface area contributed by atoms with Crippen LogP contribution in [0.15, 0.2) is 21.4 Å². The van der Waals surface area contributed by atoms with E-state index in [0.717, 1.165) is 9.40 Å². The molecule has 0 saturated heterocycles. The smallest absolute Gasteiger partial charge is 0.223 e. The van der Waals surface area contributed by atoms with E-state index in [1.807, 2.05) is 0 Å². The van der Waals surface area contributed by atoms with Crippen molar-refractivity contribution < 1.29 is 9.05 Å². The molecule has 0 saturated carbocycles. The quantitative estimate of drug-likeness (QED) is 0.512. The number of thiophene rings is 1. The molecule has 0 amide bonds. The molecule has 3 aromatic rings. The normalized spacial score (nSPS) is 11.6. The Labute approximate surface area is 64.4 Å². The first kappa shape index (κ1) is 5.31. The summed E-state index contributed by atoms with van der Waals surface area (Å²) >= 11 is 1.56. The number of nitrogens with zero attached hydrogens (tertiary/aromatic N) is 2. The third kappa shape index (κ3) is 0.537. The van der Waals surface area contributed by atoms with Crippen molar-refractivity contribution in [3.63, 3.8) is 0 Å². The molecule has 3 aromatic heterocycles. The Morgan fingerprint density at radius 3 is 2.09 bits per heavy atom. The third-order valence-electron chi connectivity index (χ3n) is 1.50. The van der Waals surface area contributed by atoms with Crippen molar-refractivity contribution in [2.24, 2.45) is 0 Å². The first-order valence-electron chi connectivity index (χ1n) is 3.03. The predicted molar refractivity (Wildman–Crippen MR) is 39.5 cm³/mol. The highest BCUT2D eigenvalue weighted by atomic mass is 32.1. The fraction of sp³-hybridized carbons (Fsp3) is 0. The van der Waals surface area contributed by atoms with E-state index in [4.69, 9.17) is 9.05 Å². The molecule has 0 aliphatic carbocycles. The van der Waals surface area contributed by atoms with Crippen molar-refractivity contribution in [1.82, 2.24) is 10.3 Å². The van der Waals surface area contributed by atoms with Crippen molar-refractivity contribution in [2.75, 3.05) is 0 Å². The van der Waals surface area contributed by atoms with Crippen molar-refractivity contribution in [2.45, 2.75) is 0 Å². The van der Waals surface area contributed by atoms with Gasteiger partial charge in [0.1, 0.15) is 0 Å². The molecule has 0 aliphatic heterocycles. The van der Waals surface area contributed by atoms with Gasteiger partial charge < -0.3 is 9.05 Å². The number of hydrogen-bond donors (Lipinski definition) is 0. The van der Waals surface area contributed by atoms with E-state index in [-0.39, 0.29) is 0 Å². The molecule has 0 bridgehead atoms. The highest BCUT2D eigenvalue weighted by Crippen LogP contribution is 2.32. The summed E-state index contributed by atoms with van der Waals surface area (Å²) in [6, 6.07) is 0. The Morgan fingerprint density at radius 1 is 1.00 bits per heavy atom. The summed E-state index contributed by atoms with van der Waals surface area (Å²) in [5.74, 6) is 0. The van der Waals surface area contributed by atoms with Crippen molar-refractivity contribution in [3.8, 4) is 0 Å². The van der Waals surface area contributed by atoms with Crippen LogP contribution in [0.25, 0.3) is 20.6 Å². The lowest BCUT2D eigenvalue weighted by Gasteiger charge is -1.69. The summed E-state index contributed by atoms with van der Waals surface area (Å²) < 4.78 is 11.9. The lowest BCUT2D eigenvalue weighted by atomic mass is 10.5. The van der Waals surface area contributed by atoms with E-state index in [1.54, 1.807) is 23.7 Å². The van der Waals surface area contributed by atoms with E-state index < -0.39 is 0 Å². The molecule has 3 heterocycles. The second-order valence-corrected chi connectivity index (χ2v) is 3.22. The highest BCUT2D eigenvalue weighted by Gasteiger charge is 2.11. The van der Waals surface area contributed by atoms with Crippen LogP contribution >= 0.6 is 11.3 Å². The Balaban J connectivity index is 2.75. The molecule has 0 aromatic carbocycles. The molecule has 11 heavy (non-hydrogen) atoms. The van der Waals surface area contributed by atoms with Gasteiger partial charge in [-0.3, -0.25) is 0 Å². The molecule has 54 valence electrons. The molecule has 0 spiro atoms. The van der Waals surface area contributed by atoms with Gasteiger partial charge in [0.05, 0.1) is 21.8 Å². The van der Waals surface area contributed by atoms with E-state index >= 15 is 0 Å². The summed E-state index contributed by atoms with van der Waals surface area (Å²) in [4.78, 5) is 0. The van der Waals surface area contributed by atoms with E-state index in [0.29, 0.717) is 11.2 Å². The van der Waals surface area contributed by atoms with Gasteiger partial charge in [-0.15, -0.1) is 11.3 Å². The van der Waals surface area contributed by atoms with Crippen LogP contribution in [0, 0.1) is 0 Å². The van der Waals surface area contributed by atoms with Crippen LogP contribution in [-0.4, -0.2) is 10.3 Å². The minimum absolute atomic E-state index is 0.697. The second kappa shape index (κ2) is 1.62. The molecule has 0 aliphatic rings. The van der Waals surface area contributed by atoms with E-state index in [1.165, 1.54) is 0 Å². The van der Waals surface area contributed by atoms with Crippen LogP contribution < -0.4 is 0 Å². The number of aromatic nitrogens is 2. The highest BCUT2D eigenvalue weighted by molar-refractivity contribution is 7.25.